The molecule has 74 valence electrons. The van der Waals surface area contributed by atoms with Crippen molar-refractivity contribution in [3.8, 4) is 0 Å². The molecule has 0 saturated heterocycles. The Morgan fingerprint density at radius 2 is 2.27 bits per heavy atom. The molecule has 2 aromatic rings. The van der Waals surface area contributed by atoms with Crippen molar-refractivity contribution >= 4 is 30.2 Å². The van der Waals surface area contributed by atoms with Crippen molar-refractivity contribution in [1.82, 2.24) is 9.78 Å². The van der Waals surface area contributed by atoms with E-state index in [2.05, 4.69) is 9.84 Å². The number of aromatic nitrogens is 2. The van der Waals surface area contributed by atoms with Crippen molar-refractivity contribution in [2.75, 3.05) is 7.11 Å². The zero-order valence-corrected chi connectivity index (χ0v) is 8.52. The minimum atomic E-state index is -0.404. The van der Waals surface area contributed by atoms with Crippen molar-refractivity contribution in [3.63, 3.8) is 0 Å². The van der Waals surface area contributed by atoms with E-state index in [1.807, 2.05) is 0 Å². The summed E-state index contributed by atoms with van der Waals surface area (Å²) in [5.41, 5.74) is 1.61. The van der Waals surface area contributed by atoms with E-state index in [4.69, 9.17) is 7.85 Å². The molecule has 0 bridgehead atoms. The highest BCUT2D eigenvalue weighted by Crippen LogP contribution is 2.15. The van der Waals surface area contributed by atoms with Gasteiger partial charge in [0, 0.05) is 18.6 Å². The number of methoxy groups -OCH3 is 1. The Labute approximate surface area is 88.2 Å². The zero-order valence-electron chi connectivity index (χ0n) is 8.52. The maximum atomic E-state index is 11.4. The zero-order chi connectivity index (χ0) is 11.0. The number of benzene rings is 1. The van der Waals surface area contributed by atoms with Crippen molar-refractivity contribution in [2.45, 2.75) is 0 Å². The topological polar surface area (TPSA) is 44.1 Å². The largest absolute Gasteiger partial charge is 0.465 e. The summed E-state index contributed by atoms with van der Waals surface area (Å²) < 4.78 is 6.28. The first-order valence-electron chi connectivity index (χ1n) is 4.43. The van der Waals surface area contributed by atoms with Gasteiger partial charge in [0.2, 0.25) is 0 Å². The number of esters is 1. The van der Waals surface area contributed by atoms with Crippen molar-refractivity contribution in [2.24, 2.45) is 7.05 Å². The average Bonchev–Trinajstić information content (AvgIpc) is 2.60. The van der Waals surface area contributed by atoms with Gasteiger partial charge in [0.05, 0.1) is 12.7 Å². The highest BCUT2D eigenvalue weighted by Gasteiger charge is 2.13. The van der Waals surface area contributed by atoms with Crippen LogP contribution >= 0.6 is 0 Å². The lowest BCUT2D eigenvalue weighted by atomic mass is 9.91. The Morgan fingerprint density at radius 3 is 2.93 bits per heavy atom. The third-order valence-electron chi connectivity index (χ3n) is 2.23. The molecule has 0 amide bonds. The van der Waals surface area contributed by atoms with E-state index >= 15 is 0 Å². The lowest BCUT2D eigenvalue weighted by Crippen LogP contribution is -2.08. The van der Waals surface area contributed by atoms with Crippen LogP contribution in [-0.4, -0.2) is 30.7 Å². The van der Waals surface area contributed by atoms with E-state index in [0.29, 0.717) is 16.5 Å². The second-order valence-electron chi connectivity index (χ2n) is 3.26. The number of carbonyl (C=O) groups is 1. The van der Waals surface area contributed by atoms with Crippen molar-refractivity contribution < 1.29 is 9.53 Å². The molecule has 1 heterocycles. The summed E-state index contributed by atoms with van der Waals surface area (Å²) in [6, 6.07) is 3.30. The van der Waals surface area contributed by atoms with Gasteiger partial charge in [-0.3, -0.25) is 4.68 Å². The van der Waals surface area contributed by atoms with Gasteiger partial charge in [0.15, 0.2) is 0 Å². The molecule has 0 aliphatic heterocycles. The summed E-state index contributed by atoms with van der Waals surface area (Å²) in [6.07, 6.45) is 1.77. The molecule has 0 fully saturated rings. The molecular weight excluding hydrogens is 191 g/mol. The van der Waals surface area contributed by atoms with Gasteiger partial charge in [-0.1, -0.05) is 11.5 Å². The second kappa shape index (κ2) is 3.42. The summed E-state index contributed by atoms with van der Waals surface area (Å²) in [5.74, 6) is -0.404. The normalized spacial score (nSPS) is 10.5. The number of aryl methyl sites for hydroxylation is 1. The smallest absolute Gasteiger partial charge is 0.340 e. The highest BCUT2D eigenvalue weighted by atomic mass is 16.5. The average molecular weight is 200 g/mol. The van der Waals surface area contributed by atoms with Crippen molar-refractivity contribution in [3.05, 3.63) is 23.9 Å². The first-order valence-corrected chi connectivity index (χ1v) is 4.43. The quantitative estimate of drug-likeness (QED) is 0.486. The van der Waals surface area contributed by atoms with E-state index in [0.717, 1.165) is 5.39 Å². The minimum Gasteiger partial charge on any atom is -0.465 e. The van der Waals surface area contributed by atoms with Gasteiger partial charge in [-0.15, -0.1) is 0 Å². The van der Waals surface area contributed by atoms with Gasteiger partial charge in [-0.25, -0.2) is 4.79 Å². The van der Waals surface area contributed by atoms with E-state index < -0.39 is 5.97 Å². The number of nitrogens with zero attached hydrogens (tertiary/aromatic N) is 2. The maximum absolute atomic E-state index is 11.4. The summed E-state index contributed by atoms with van der Waals surface area (Å²) in [7, 11) is 8.89. The Balaban J connectivity index is 2.76. The van der Waals surface area contributed by atoms with E-state index in [1.54, 1.807) is 30.1 Å². The molecule has 0 saturated carbocycles. The first-order chi connectivity index (χ1) is 7.13. The predicted molar refractivity (Wildman–Crippen MR) is 57.4 cm³/mol. The van der Waals surface area contributed by atoms with Gasteiger partial charge in [0.25, 0.3) is 0 Å². The molecular formula is C10H9BN2O2. The Morgan fingerprint density at radius 1 is 1.53 bits per heavy atom. The van der Waals surface area contributed by atoms with Gasteiger partial charge in [-0.05, 0) is 6.07 Å². The van der Waals surface area contributed by atoms with E-state index in [1.165, 1.54) is 7.11 Å². The minimum absolute atomic E-state index is 0.404. The van der Waals surface area contributed by atoms with Crippen LogP contribution in [0.3, 0.4) is 0 Å². The van der Waals surface area contributed by atoms with Gasteiger partial charge in [0.1, 0.15) is 13.4 Å². The van der Waals surface area contributed by atoms with Crippen LogP contribution in [0.2, 0.25) is 0 Å². The third kappa shape index (κ3) is 1.50. The Hall–Kier alpha value is -1.78. The van der Waals surface area contributed by atoms with Crippen LogP contribution in [0.25, 0.3) is 10.9 Å². The molecule has 0 atom stereocenters. The molecule has 4 nitrogen and oxygen atoms in total. The number of carbonyl (C=O) groups excluding carboxylic acids is 1. The number of fused-ring (bicyclic) bond motifs is 1. The van der Waals surface area contributed by atoms with Crippen LogP contribution in [0.4, 0.5) is 0 Å². The van der Waals surface area contributed by atoms with Crippen LogP contribution in [0.15, 0.2) is 18.3 Å². The molecule has 1 aromatic heterocycles. The van der Waals surface area contributed by atoms with E-state index in [9.17, 15) is 4.79 Å². The summed E-state index contributed by atoms with van der Waals surface area (Å²) >= 11 is 0. The standard InChI is InChI=1S/C10H9BN2O2/c1-13-5-7-8(11)4-3-6(9(7)12-13)10(14)15-2/h3-5H,1-2H3. The molecule has 2 radical (unpaired) electrons. The molecule has 0 unspecified atom stereocenters. The molecule has 0 spiro atoms. The monoisotopic (exact) mass is 200 g/mol. The second-order valence-corrected chi connectivity index (χ2v) is 3.26. The third-order valence-corrected chi connectivity index (χ3v) is 2.23. The van der Waals surface area contributed by atoms with Gasteiger partial charge < -0.3 is 4.74 Å². The SMILES string of the molecule is [B]c1ccc(C(=O)OC)c2nn(C)cc12. The van der Waals surface area contributed by atoms with Gasteiger partial charge in [-0.2, -0.15) is 5.10 Å². The Kier molecular flexibility index (Phi) is 2.23. The highest BCUT2D eigenvalue weighted by molar-refractivity contribution is 6.39. The summed E-state index contributed by atoms with van der Waals surface area (Å²) in [4.78, 5) is 11.4. The molecule has 1 aromatic carbocycles. The molecule has 0 N–H and O–H groups in total. The maximum Gasteiger partial charge on any atom is 0.340 e. The van der Waals surface area contributed by atoms with Gasteiger partial charge >= 0.3 is 5.97 Å². The lowest BCUT2D eigenvalue weighted by molar-refractivity contribution is 0.0603. The molecule has 0 aliphatic rings. The number of rotatable bonds is 1. The molecule has 5 heteroatoms. The van der Waals surface area contributed by atoms with Crippen LogP contribution < -0.4 is 5.46 Å². The molecule has 0 aliphatic carbocycles. The van der Waals surface area contributed by atoms with Crippen LogP contribution in [0.5, 0.6) is 0 Å². The fraction of sp³-hybridized carbons (Fsp3) is 0.200. The number of ether oxygens (including phenoxy) is 1. The summed E-state index contributed by atoms with van der Waals surface area (Å²) in [5, 5.41) is 4.94. The first kappa shape index (κ1) is 9.77. The van der Waals surface area contributed by atoms with E-state index in [-0.39, 0.29) is 0 Å². The fourth-order valence-corrected chi connectivity index (χ4v) is 1.52. The summed E-state index contributed by atoms with van der Waals surface area (Å²) in [6.45, 7) is 0. The molecule has 15 heavy (non-hydrogen) atoms. The van der Waals surface area contributed by atoms with Crippen LogP contribution in [0.1, 0.15) is 10.4 Å². The van der Waals surface area contributed by atoms with Crippen LogP contribution in [-0.2, 0) is 11.8 Å². The number of hydrogen-bond donors (Lipinski definition) is 0. The van der Waals surface area contributed by atoms with Crippen LogP contribution in [0, 0.1) is 0 Å². The Bertz CT molecular complexity index is 533. The predicted octanol–water partition coefficient (Wildman–Crippen LogP) is 0.154. The number of hydrogen-bond acceptors (Lipinski definition) is 3. The molecule has 2 rings (SSSR count). The van der Waals surface area contributed by atoms with Crippen molar-refractivity contribution in [1.29, 1.82) is 0 Å². The lowest BCUT2D eigenvalue weighted by Gasteiger charge is -2.01. The fourth-order valence-electron chi connectivity index (χ4n) is 1.52.